The molecule has 7 heteroatoms. The number of nitrogens with one attached hydrogen (secondary N) is 1. The summed E-state index contributed by atoms with van der Waals surface area (Å²) < 4.78 is 13.0. The molecule has 6 nitrogen and oxygen atoms in total. The standard InChI is InChI=1S/C17H21FN2O4/c1-10(2)20-9-12(7-15(20)21)17(24)19-14(8-16(22)23)11-3-5-13(18)6-4-11/h3-6,10,12,14H,7-9H2,1-2H3,(H,19,24)(H,22,23)/t12-,14-/m1/s1. The molecule has 1 aliphatic rings. The summed E-state index contributed by atoms with van der Waals surface area (Å²) in [5.74, 6) is -2.45. The highest BCUT2D eigenvalue weighted by Gasteiger charge is 2.36. The number of carboxylic acids is 1. The van der Waals surface area contributed by atoms with Crippen molar-refractivity contribution >= 4 is 17.8 Å². The molecule has 0 saturated carbocycles. The van der Waals surface area contributed by atoms with Gasteiger partial charge in [-0.1, -0.05) is 12.1 Å². The van der Waals surface area contributed by atoms with Gasteiger partial charge in [0.2, 0.25) is 11.8 Å². The van der Waals surface area contributed by atoms with E-state index in [1.807, 2.05) is 13.8 Å². The minimum atomic E-state index is -1.07. The molecule has 1 fully saturated rings. The van der Waals surface area contributed by atoms with E-state index in [-0.39, 0.29) is 30.7 Å². The van der Waals surface area contributed by atoms with Crippen LogP contribution in [0.4, 0.5) is 4.39 Å². The third kappa shape index (κ3) is 4.31. The van der Waals surface area contributed by atoms with Gasteiger partial charge >= 0.3 is 5.97 Å². The second kappa shape index (κ2) is 7.42. The number of likely N-dealkylation sites (tertiary alicyclic amines) is 1. The largest absolute Gasteiger partial charge is 0.481 e. The van der Waals surface area contributed by atoms with Crippen LogP contribution < -0.4 is 5.32 Å². The highest BCUT2D eigenvalue weighted by atomic mass is 19.1. The fraction of sp³-hybridized carbons (Fsp3) is 0.471. The number of hydrogen-bond donors (Lipinski definition) is 2. The average molecular weight is 336 g/mol. The Labute approximate surface area is 139 Å². The summed E-state index contributed by atoms with van der Waals surface area (Å²) in [6.45, 7) is 4.08. The normalized spacial score (nSPS) is 18.8. The van der Waals surface area contributed by atoms with E-state index in [1.54, 1.807) is 4.90 Å². The van der Waals surface area contributed by atoms with Crippen molar-refractivity contribution in [3.8, 4) is 0 Å². The van der Waals surface area contributed by atoms with Gasteiger partial charge in [-0.05, 0) is 31.5 Å². The lowest BCUT2D eigenvalue weighted by molar-refractivity contribution is -0.138. The molecule has 24 heavy (non-hydrogen) atoms. The lowest BCUT2D eigenvalue weighted by Crippen LogP contribution is -2.37. The number of benzene rings is 1. The van der Waals surface area contributed by atoms with Crippen LogP contribution >= 0.6 is 0 Å². The Morgan fingerprint density at radius 2 is 1.96 bits per heavy atom. The van der Waals surface area contributed by atoms with Crippen LogP contribution in [0.25, 0.3) is 0 Å². The molecule has 1 saturated heterocycles. The van der Waals surface area contributed by atoms with Crippen molar-refractivity contribution in [3.63, 3.8) is 0 Å². The van der Waals surface area contributed by atoms with Gasteiger partial charge in [-0.3, -0.25) is 14.4 Å². The Bertz CT molecular complexity index is 630. The van der Waals surface area contributed by atoms with E-state index in [4.69, 9.17) is 5.11 Å². The van der Waals surface area contributed by atoms with Gasteiger partial charge in [-0.25, -0.2) is 4.39 Å². The predicted octanol–water partition coefficient (Wildman–Crippen LogP) is 1.71. The molecule has 1 heterocycles. The van der Waals surface area contributed by atoms with Crippen molar-refractivity contribution in [2.75, 3.05) is 6.54 Å². The van der Waals surface area contributed by atoms with Crippen molar-refractivity contribution in [1.82, 2.24) is 10.2 Å². The molecule has 2 N–H and O–H groups in total. The summed E-state index contributed by atoms with van der Waals surface area (Å²) in [7, 11) is 0. The topological polar surface area (TPSA) is 86.7 Å². The number of amides is 2. The Balaban J connectivity index is 2.09. The van der Waals surface area contributed by atoms with E-state index in [2.05, 4.69) is 5.32 Å². The summed E-state index contributed by atoms with van der Waals surface area (Å²) in [4.78, 5) is 37.0. The average Bonchev–Trinajstić information content (AvgIpc) is 2.89. The molecule has 0 spiro atoms. The smallest absolute Gasteiger partial charge is 0.305 e. The van der Waals surface area contributed by atoms with Crippen molar-refractivity contribution in [3.05, 3.63) is 35.6 Å². The van der Waals surface area contributed by atoms with Crippen LogP contribution in [0.2, 0.25) is 0 Å². The summed E-state index contributed by atoms with van der Waals surface area (Å²) in [5.41, 5.74) is 0.511. The van der Waals surface area contributed by atoms with Crippen LogP contribution in [-0.4, -0.2) is 40.4 Å². The second-order valence-electron chi connectivity index (χ2n) is 6.25. The zero-order valence-electron chi connectivity index (χ0n) is 13.7. The van der Waals surface area contributed by atoms with Gasteiger partial charge < -0.3 is 15.3 Å². The van der Waals surface area contributed by atoms with Crippen molar-refractivity contribution in [1.29, 1.82) is 0 Å². The maximum atomic E-state index is 13.0. The maximum absolute atomic E-state index is 13.0. The molecule has 130 valence electrons. The molecule has 1 aromatic carbocycles. The van der Waals surface area contributed by atoms with Gasteiger partial charge in [0.1, 0.15) is 5.82 Å². The first-order valence-corrected chi connectivity index (χ1v) is 7.85. The van der Waals surface area contributed by atoms with Crippen molar-refractivity contribution < 1.29 is 23.9 Å². The van der Waals surface area contributed by atoms with Crippen molar-refractivity contribution in [2.24, 2.45) is 5.92 Å². The van der Waals surface area contributed by atoms with E-state index in [0.717, 1.165) is 0 Å². The Kier molecular flexibility index (Phi) is 5.54. The number of hydrogen-bond acceptors (Lipinski definition) is 3. The van der Waals surface area contributed by atoms with E-state index in [9.17, 15) is 18.8 Å². The molecule has 0 aromatic heterocycles. The molecule has 1 aliphatic heterocycles. The molecule has 2 rings (SSSR count). The third-order valence-corrected chi connectivity index (χ3v) is 4.12. The van der Waals surface area contributed by atoms with Gasteiger partial charge in [0.25, 0.3) is 0 Å². The minimum absolute atomic E-state index is 0.0159. The van der Waals surface area contributed by atoms with E-state index >= 15 is 0 Å². The Hall–Kier alpha value is -2.44. The van der Waals surface area contributed by atoms with Gasteiger partial charge in [0.15, 0.2) is 0 Å². The van der Waals surface area contributed by atoms with Crippen LogP contribution in [0.3, 0.4) is 0 Å². The Morgan fingerprint density at radius 1 is 1.33 bits per heavy atom. The number of carbonyl (C=O) groups is 3. The number of rotatable bonds is 6. The van der Waals surface area contributed by atoms with Crippen molar-refractivity contribution in [2.45, 2.75) is 38.8 Å². The molecular weight excluding hydrogens is 315 g/mol. The van der Waals surface area contributed by atoms with Crippen LogP contribution in [0.15, 0.2) is 24.3 Å². The molecule has 1 aromatic rings. The first-order valence-electron chi connectivity index (χ1n) is 7.85. The number of carbonyl (C=O) groups excluding carboxylic acids is 2. The van der Waals surface area contributed by atoms with Crippen LogP contribution in [-0.2, 0) is 14.4 Å². The summed E-state index contributed by atoms with van der Waals surface area (Å²) >= 11 is 0. The molecule has 2 atom stereocenters. The van der Waals surface area contributed by atoms with Gasteiger partial charge in [0, 0.05) is 19.0 Å². The highest BCUT2D eigenvalue weighted by Crippen LogP contribution is 2.23. The third-order valence-electron chi connectivity index (χ3n) is 4.12. The molecular formula is C17H21FN2O4. The first kappa shape index (κ1) is 17.9. The number of aliphatic carboxylic acids is 1. The minimum Gasteiger partial charge on any atom is -0.481 e. The molecule has 0 radical (unpaired) electrons. The van der Waals surface area contributed by atoms with Crippen LogP contribution in [0.5, 0.6) is 0 Å². The predicted molar refractivity (Wildman–Crippen MR) is 84.5 cm³/mol. The number of nitrogens with zero attached hydrogens (tertiary/aromatic N) is 1. The molecule has 2 amide bonds. The van der Waals surface area contributed by atoms with Gasteiger partial charge in [0.05, 0.1) is 18.4 Å². The van der Waals surface area contributed by atoms with Gasteiger partial charge in [-0.2, -0.15) is 0 Å². The van der Waals surface area contributed by atoms with E-state index < -0.39 is 23.7 Å². The van der Waals surface area contributed by atoms with Crippen LogP contribution in [0, 0.1) is 11.7 Å². The summed E-state index contributed by atoms with van der Waals surface area (Å²) in [5, 5.41) is 11.7. The molecule has 0 unspecified atom stereocenters. The summed E-state index contributed by atoms with van der Waals surface area (Å²) in [6, 6.07) is 4.58. The Morgan fingerprint density at radius 3 is 2.46 bits per heavy atom. The fourth-order valence-corrected chi connectivity index (χ4v) is 2.82. The maximum Gasteiger partial charge on any atom is 0.305 e. The fourth-order valence-electron chi connectivity index (χ4n) is 2.82. The highest BCUT2D eigenvalue weighted by molar-refractivity contribution is 5.89. The summed E-state index contributed by atoms with van der Waals surface area (Å²) in [6.07, 6.45) is -0.195. The van der Waals surface area contributed by atoms with Gasteiger partial charge in [-0.15, -0.1) is 0 Å². The second-order valence-corrected chi connectivity index (χ2v) is 6.25. The van der Waals surface area contributed by atoms with E-state index in [0.29, 0.717) is 12.1 Å². The first-order chi connectivity index (χ1) is 11.3. The monoisotopic (exact) mass is 336 g/mol. The number of carboxylic acid groups (broad SMARTS) is 1. The lowest BCUT2D eigenvalue weighted by Gasteiger charge is -2.22. The SMILES string of the molecule is CC(C)N1C[C@H](C(=O)N[C@H](CC(=O)O)c2ccc(F)cc2)CC1=O. The van der Waals surface area contributed by atoms with Crippen LogP contribution in [0.1, 0.15) is 38.3 Å². The zero-order valence-corrected chi connectivity index (χ0v) is 13.7. The molecule has 0 bridgehead atoms. The zero-order chi connectivity index (χ0) is 17.9. The quantitative estimate of drug-likeness (QED) is 0.828. The lowest BCUT2D eigenvalue weighted by atomic mass is 10.0. The number of halogens is 1. The molecule has 0 aliphatic carbocycles. The van der Waals surface area contributed by atoms with E-state index in [1.165, 1.54) is 24.3 Å².